The zero-order chi connectivity index (χ0) is 15.4. The Morgan fingerprint density at radius 2 is 2.00 bits per heavy atom. The number of rotatable bonds is 5. The van der Waals surface area contributed by atoms with Gasteiger partial charge in [-0.1, -0.05) is 12.1 Å². The zero-order valence-corrected chi connectivity index (χ0v) is 12.9. The maximum Gasteiger partial charge on any atom is 0.175 e. The number of benzene rings is 2. The van der Waals surface area contributed by atoms with Gasteiger partial charge in [-0.05, 0) is 39.7 Å². The molecule has 2 aromatic carbocycles. The normalized spacial score (nSPS) is 10.5. The molecule has 0 saturated heterocycles. The Kier molecular flexibility index (Phi) is 5.14. The van der Waals surface area contributed by atoms with E-state index < -0.39 is 11.6 Å². The fraction of sp³-hybridized carbons (Fsp3) is 0.200. The molecular weight excluding hydrogens is 344 g/mol. The first-order valence-corrected chi connectivity index (χ1v) is 6.98. The molecule has 0 fully saturated rings. The third kappa shape index (κ3) is 3.51. The lowest BCUT2D eigenvalue weighted by Gasteiger charge is -2.14. The summed E-state index contributed by atoms with van der Waals surface area (Å²) >= 11 is 3.36. The Morgan fingerprint density at radius 3 is 2.67 bits per heavy atom. The van der Waals surface area contributed by atoms with Gasteiger partial charge in [0.25, 0.3) is 0 Å². The van der Waals surface area contributed by atoms with Crippen molar-refractivity contribution in [3.05, 3.63) is 57.6 Å². The van der Waals surface area contributed by atoms with Crippen molar-refractivity contribution in [2.45, 2.75) is 13.2 Å². The summed E-state index contributed by atoms with van der Waals surface area (Å²) < 4.78 is 38.2. The van der Waals surface area contributed by atoms with Crippen molar-refractivity contribution in [2.24, 2.45) is 5.73 Å². The number of nitrogens with two attached hydrogens (primary N) is 1. The van der Waals surface area contributed by atoms with Gasteiger partial charge in [0.1, 0.15) is 6.61 Å². The molecule has 2 rings (SSSR count). The Bertz CT molecular complexity index is 650. The van der Waals surface area contributed by atoms with Crippen molar-refractivity contribution in [2.75, 3.05) is 7.11 Å². The first kappa shape index (κ1) is 15.7. The Morgan fingerprint density at radius 1 is 1.24 bits per heavy atom. The molecule has 0 aliphatic carbocycles. The maximum atomic E-state index is 13.6. The highest BCUT2D eigenvalue weighted by atomic mass is 79.9. The molecule has 0 amide bonds. The summed E-state index contributed by atoms with van der Waals surface area (Å²) in [5.74, 6) is -0.924. The number of halogens is 3. The van der Waals surface area contributed by atoms with Crippen molar-refractivity contribution in [3.8, 4) is 11.5 Å². The quantitative estimate of drug-likeness (QED) is 0.885. The largest absolute Gasteiger partial charge is 0.493 e. The third-order valence-corrected chi connectivity index (χ3v) is 3.52. The Balaban J connectivity index is 2.25. The van der Waals surface area contributed by atoms with Crippen molar-refractivity contribution >= 4 is 15.9 Å². The number of hydrogen-bond donors (Lipinski definition) is 1. The van der Waals surface area contributed by atoms with Gasteiger partial charge in [0.05, 0.1) is 11.6 Å². The van der Waals surface area contributed by atoms with Crippen LogP contribution in [0.15, 0.2) is 34.8 Å². The Labute approximate surface area is 129 Å². The molecule has 21 heavy (non-hydrogen) atoms. The minimum atomic E-state index is -0.911. The Hall–Kier alpha value is -1.66. The minimum absolute atomic E-state index is 0.111. The van der Waals surface area contributed by atoms with Crippen LogP contribution in [0.25, 0.3) is 0 Å². The lowest BCUT2D eigenvalue weighted by molar-refractivity contribution is 0.276. The molecule has 0 heterocycles. The van der Waals surface area contributed by atoms with Gasteiger partial charge < -0.3 is 15.2 Å². The molecular formula is C15H14BrF2NO2. The van der Waals surface area contributed by atoms with Crippen LogP contribution in [-0.2, 0) is 13.2 Å². The van der Waals surface area contributed by atoms with Crippen molar-refractivity contribution in [3.63, 3.8) is 0 Å². The van der Waals surface area contributed by atoms with Gasteiger partial charge in [0.15, 0.2) is 23.1 Å². The molecule has 112 valence electrons. The molecule has 2 aromatic rings. The average Bonchev–Trinajstić information content (AvgIpc) is 2.49. The van der Waals surface area contributed by atoms with Crippen LogP contribution in [0.1, 0.15) is 11.1 Å². The maximum absolute atomic E-state index is 13.6. The number of hydrogen-bond acceptors (Lipinski definition) is 3. The molecule has 0 aliphatic heterocycles. The number of methoxy groups -OCH3 is 1. The van der Waals surface area contributed by atoms with E-state index in [1.165, 1.54) is 19.2 Å². The van der Waals surface area contributed by atoms with Crippen LogP contribution in [0.2, 0.25) is 0 Å². The second-order valence-corrected chi connectivity index (χ2v) is 5.17. The summed E-state index contributed by atoms with van der Waals surface area (Å²) in [5.41, 5.74) is 6.58. The zero-order valence-electron chi connectivity index (χ0n) is 11.3. The van der Waals surface area contributed by atoms with Gasteiger partial charge in [-0.15, -0.1) is 0 Å². The van der Waals surface area contributed by atoms with Crippen LogP contribution in [0.3, 0.4) is 0 Å². The fourth-order valence-corrected chi connectivity index (χ4v) is 2.44. The summed E-state index contributed by atoms with van der Waals surface area (Å²) in [7, 11) is 1.50. The smallest absolute Gasteiger partial charge is 0.175 e. The molecule has 0 saturated carbocycles. The molecule has 0 spiro atoms. The summed E-state index contributed by atoms with van der Waals surface area (Å²) in [5, 5.41) is 0. The fourth-order valence-electron chi connectivity index (χ4n) is 1.84. The van der Waals surface area contributed by atoms with Gasteiger partial charge in [0, 0.05) is 12.1 Å². The van der Waals surface area contributed by atoms with Crippen molar-refractivity contribution in [1.29, 1.82) is 0 Å². The van der Waals surface area contributed by atoms with Gasteiger partial charge in [0.2, 0.25) is 0 Å². The molecule has 0 bridgehead atoms. The molecule has 0 aromatic heterocycles. The standard InChI is InChI=1S/C15H14BrF2NO2/c1-20-13-6-9(7-19)5-11(16)15(13)21-8-10-3-2-4-12(17)14(10)18/h2-6H,7-8,19H2,1H3. The molecule has 0 radical (unpaired) electrons. The van der Waals surface area contributed by atoms with Crippen LogP contribution in [0, 0.1) is 11.6 Å². The molecule has 3 nitrogen and oxygen atoms in total. The van der Waals surface area contributed by atoms with Crippen LogP contribution in [0.5, 0.6) is 11.5 Å². The lowest BCUT2D eigenvalue weighted by Crippen LogP contribution is -2.03. The molecule has 0 aliphatic rings. The van der Waals surface area contributed by atoms with E-state index in [-0.39, 0.29) is 12.2 Å². The van der Waals surface area contributed by atoms with Crippen LogP contribution in [-0.4, -0.2) is 7.11 Å². The van der Waals surface area contributed by atoms with Gasteiger partial charge in [-0.25, -0.2) is 8.78 Å². The van der Waals surface area contributed by atoms with E-state index in [0.29, 0.717) is 22.5 Å². The van der Waals surface area contributed by atoms with Gasteiger partial charge >= 0.3 is 0 Å². The molecule has 2 N–H and O–H groups in total. The van der Waals surface area contributed by atoms with E-state index in [4.69, 9.17) is 15.2 Å². The van der Waals surface area contributed by atoms with E-state index in [9.17, 15) is 8.78 Å². The van der Waals surface area contributed by atoms with E-state index in [2.05, 4.69) is 15.9 Å². The highest BCUT2D eigenvalue weighted by molar-refractivity contribution is 9.10. The predicted molar refractivity (Wildman–Crippen MR) is 79.3 cm³/mol. The van der Waals surface area contributed by atoms with E-state index in [1.54, 1.807) is 12.1 Å². The summed E-state index contributed by atoms with van der Waals surface area (Å²) in [4.78, 5) is 0. The van der Waals surface area contributed by atoms with Crippen LogP contribution < -0.4 is 15.2 Å². The second-order valence-electron chi connectivity index (χ2n) is 4.31. The van der Waals surface area contributed by atoms with Gasteiger partial charge in [-0.2, -0.15) is 0 Å². The highest BCUT2D eigenvalue weighted by Gasteiger charge is 2.14. The lowest BCUT2D eigenvalue weighted by atomic mass is 10.2. The first-order chi connectivity index (χ1) is 10.1. The predicted octanol–water partition coefficient (Wildman–Crippen LogP) is 3.77. The molecule has 0 atom stereocenters. The van der Waals surface area contributed by atoms with Crippen molar-refractivity contribution < 1.29 is 18.3 Å². The second kappa shape index (κ2) is 6.87. The van der Waals surface area contributed by atoms with Crippen LogP contribution in [0.4, 0.5) is 8.78 Å². The summed E-state index contributed by atoms with van der Waals surface area (Å²) in [6.45, 7) is 0.244. The summed E-state index contributed by atoms with van der Waals surface area (Å²) in [6.07, 6.45) is 0. The SMILES string of the molecule is COc1cc(CN)cc(Br)c1OCc1cccc(F)c1F. The third-order valence-electron chi connectivity index (χ3n) is 2.93. The first-order valence-electron chi connectivity index (χ1n) is 6.19. The topological polar surface area (TPSA) is 44.5 Å². The molecule has 6 heteroatoms. The van der Waals surface area contributed by atoms with Crippen molar-refractivity contribution in [1.82, 2.24) is 0 Å². The van der Waals surface area contributed by atoms with E-state index in [1.807, 2.05) is 0 Å². The number of ether oxygens (including phenoxy) is 2. The van der Waals surface area contributed by atoms with E-state index >= 15 is 0 Å². The molecule has 0 unspecified atom stereocenters. The highest BCUT2D eigenvalue weighted by Crippen LogP contribution is 2.37. The minimum Gasteiger partial charge on any atom is -0.493 e. The monoisotopic (exact) mass is 357 g/mol. The summed E-state index contributed by atoms with van der Waals surface area (Å²) in [6, 6.07) is 7.49. The average molecular weight is 358 g/mol. The van der Waals surface area contributed by atoms with E-state index in [0.717, 1.165) is 11.6 Å². The van der Waals surface area contributed by atoms with Gasteiger partial charge in [-0.3, -0.25) is 0 Å². The van der Waals surface area contributed by atoms with Crippen LogP contribution >= 0.6 is 15.9 Å².